The van der Waals surface area contributed by atoms with Crippen LogP contribution in [0.5, 0.6) is 11.5 Å². The Kier molecular flexibility index (Phi) is 3.53. The van der Waals surface area contributed by atoms with Gasteiger partial charge in [-0.15, -0.1) is 11.8 Å². The molecule has 2 aliphatic rings. The second-order valence-electron chi connectivity index (χ2n) is 5.42. The molecule has 0 radical (unpaired) electrons. The minimum absolute atomic E-state index is 0.0503. The molecule has 2 N–H and O–H groups in total. The van der Waals surface area contributed by atoms with Crippen LogP contribution in [0.4, 0.5) is 11.4 Å². The van der Waals surface area contributed by atoms with Crippen molar-refractivity contribution in [2.75, 3.05) is 29.6 Å². The van der Waals surface area contributed by atoms with Gasteiger partial charge >= 0.3 is 0 Å². The summed E-state index contributed by atoms with van der Waals surface area (Å²) in [6.45, 7) is 1.08. The molecule has 0 spiro atoms. The highest BCUT2D eigenvalue weighted by Crippen LogP contribution is 2.44. The molecule has 0 bridgehead atoms. The average molecular weight is 328 g/mol. The Labute approximate surface area is 138 Å². The molecule has 1 fully saturated rings. The quantitative estimate of drug-likeness (QED) is 0.859. The zero-order valence-corrected chi connectivity index (χ0v) is 13.2. The summed E-state index contributed by atoms with van der Waals surface area (Å²) in [5, 5.41) is -0.0503. The number of carbonyl (C=O) groups is 1. The molecule has 2 heterocycles. The minimum Gasteiger partial charge on any atom is -0.486 e. The monoisotopic (exact) mass is 328 g/mol. The molecule has 4 rings (SSSR count). The van der Waals surface area contributed by atoms with Gasteiger partial charge in [-0.2, -0.15) is 0 Å². The molecule has 0 saturated carbocycles. The summed E-state index contributed by atoms with van der Waals surface area (Å²) in [6, 6.07) is 13.3. The third-order valence-electron chi connectivity index (χ3n) is 3.89. The number of carbonyl (C=O) groups excluding carboxylic acids is 1. The molecular formula is C17H16N2O3S. The lowest BCUT2D eigenvalue weighted by molar-refractivity contribution is -0.115. The van der Waals surface area contributed by atoms with E-state index in [0.717, 1.165) is 17.0 Å². The van der Waals surface area contributed by atoms with E-state index in [9.17, 15) is 4.79 Å². The molecule has 0 aromatic heterocycles. The highest BCUT2D eigenvalue weighted by molar-refractivity contribution is 8.00. The number of ether oxygens (including phenoxy) is 2. The predicted octanol–water partition coefficient (Wildman–Crippen LogP) is 2.82. The van der Waals surface area contributed by atoms with Gasteiger partial charge in [-0.1, -0.05) is 12.1 Å². The van der Waals surface area contributed by atoms with Crippen molar-refractivity contribution in [1.29, 1.82) is 0 Å². The van der Waals surface area contributed by atoms with Crippen LogP contribution in [0.25, 0.3) is 0 Å². The first kappa shape index (κ1) is 14.3. The van der Waals surface area contributed by atoms with Gasteiger partial charge in [0, 0.05) is 17.4 Å². The van der Waals surface area contributed by atoms with E-state index in [4.69, 9.17) is 15.2 Å². The summed E-state index contributed by atoms with van der Waals surface area (Å²) in [5.74, 6) is 1.97. The Hall–Kier alpha value is -2.34. The van der Waals surface area contributed by atoms with Crippen molar-refractivity contribution in [2.45, 2.75) is 5.37 Å². The largest absolute Gasteiger partial charge is 0.486 e. The van der Waals surface area contributed by atoms with Crippen molar-refractivity contribution in [1.82, 2.24) is 0 Å². The zero-order valence-electron chi connectivity index (χ0n) is 12.4. The van der Waals surface area contributed by atoms with E-state index in [2.05, 4.69) is 0 Å². The van der Waals surface area contributed by atoms with E-state index >= 15 is 0 Å². The van der Waals surface area contributed by atoms with E-state index in [-0.39, 0.29) is 11.3 Å². The van der Waals surface area contributed by atoms with Crippen LogP contribution in [0.15, 0.2) is 42.5 Å². The summed E-state index contributed by atoms with van der Waals surface area (Å²) >= 11 is 1.61. The molecule has 2 aromatic rings. The SMILES string of the molecule is Nc1ccc([C@@H]2SCC(=O)N2c2ccc3c(c2)OCCO3)cc1. The van der Waals surface area contributed by atoms with E-state index in [1.165, 1.54) is 0 Å². The van der Waals surface area contributed by atoms with Gasteiger partial charge in [-0.25, -0.2) is 0 Å². The summed E-state index contributed by atoms with van der Waals surface area (Å²) in [4.78, 5) is 14.2. The van der Waals surface area contributed by atoms with Crippen LogP contribution in [0.2, 0.25) is 0 Å². The van der Waals surface area contributed by atoms with E-state index in [1.807, 2.05) is 47.4 Å². The van der Waals surface area contributed by atoms with Gasteiger partial charge in [0.05, 0.1) is 5.75 Å². The minimum atomic E-state index is -0.0503. The van der Waals surface area contributed by atoms with Crippen LogP contribution < -0.4 is 20.1 Å². The van der Waals surface area contributed by atoms with Crippen LogP contribution in [0.3, 0.4) is 0 Å². The molecule has 118 valence electrons. The number of benzene rings is 2. The topological polar surface area (TPSA) is 64.8 Å². The first-order chi connectivity index (χ1) is 11.2. The fraction of sp³-hybridized carbons (Fsp3) is 0.235. The van der Waals surface area contributed by atoms with Crippen molar-refractivity contribution in [3.05, 3.63) is 48.0 Å². The fourth-order valence-electron chi connectivity index (χ4n) is 2.79. The number of amides is 1. The van der Waals surface area contributed by atoms with E-state index in [1.54, 1.807) is 11.8 Å². The fourth-order valence-corrected chi connectivity index (χ4v) is 3.97. The van der Waals surface area contributed by atoms with Crippen LogP contribution in [-0.4, -0.2) is 24.9 Å². The molecular weight excluding hydrogens is 312 g/mol. The lowest BCUT2D eigenvalue weighted by Crippen LogP contribution is -2.28. The van der Waals surface area contributed by atoms with Crippen LogP contribution in [-0.2, 0) is 4.79 Å². The van der Waals surface area contributed by atoms with Gasteiger partial charge in [0.25, 0.3) is 0 Å². The number of hydrogen-bond acceptors (Lipinski definition) is 5. The molecule has 0 aliphatic carbocycles. The molecule has 1 saturated heterocycles. The van der Waals surface area contributed by atoms with Gasteiger partial charge in [-0.3, -0.25) is 9.69 Å². The highest BCUT2D eigenvalue weighted by atomic mass is 32.2. The van der Waals surface area contributed by atoms with Gasteiger partial charge in [0.15, 0.2) is 11.5 Å². The number of nitrogen functional groups attached to an aromatic ring is 1. The second kappa shape index (κ2) is 5.70. The molecule has 5 nitrogen and oxygen atoms in total. The number of nitrogens with zero attached hydrogens (tertiary/aromatic N) is 1. The third kappa shape index (κ3) is 2.59. The molecule has 1 atom stereocenters. The first-order valence-corrected chi connectivity index (χ1v) is 8.46. The zero-order chi connectivity index (χ0) is 15.8. The Balaban J connectivity index is 1.70. The van der Waals surface area contributed by atoms with Crippen molar-refractivity contribution in [3.63, 3.8) is 0 Å². The Morgan fingerprint density at radius 3 is 2.57 bits per heavy atom. The summed E-state index contributed by atoms with van der Waals surface area (Å²) < 4.78 is 11.2. The smallest absolute Gasteiger partial charge is 0.238 e. The Bertz CT molecular complexity index is 748. The van der Waals surface area contributed by atoms with Crippen molar-refractivity contribution in [3.8, 4) is 11.5 Å². The first-order valence-electron chi connectivity index (χ1n) is 7.41. The summed E-state index contributed by atoms with van der Waals surface area (Å²) in [7, 11) is 0. The molecule has 2 aromatic carbocycles. The van der Waals surface area contributed by atoms with Crippen molar-refractivity contribution < 1.29 is 14.3 Å². The average Bonchev–Trinajstić information content (AvgIpc) is 2.97. The normalized spacial score (nSPS) is 19.9. The van der Waals surface area contributed by atoms with Gasteiger partial charge < -0.3 is 15.2 Å². The molecule has 23 heavy (non-hydrogen) atoms. The lowest BCUT2D eigenvalue weighted by atomic mass is 10.1. The second-order valence-corrected chi connectivity index (χ2v) is 6.49. The molecule has 6 heteroatoms. The van der Waals surface area contributed by atoms with Crippen LogP contribution in [0.1, 0.15) is 10.9 Å². The van der Waals surface area contributed by atoms with E-state index in [0.29, 0.717) is 30.4 Å². The van der Waals surface area contributed by atoms with Gasteiger partial charge in [-0.05, 0) is 29.8 Å². The standard InChI is InChI=1S/C17H16N2O3S/c18-12-3-1-11(2-4-12)17-19(16(20)10-23-17)13-5-6-14-15(9-13)22-8-7-21-14/h1-6,9,17H,7-8,10,18H2/t17-/m0/s1. The maximum absolute atomic E-state index is 12.4. The van der Waals surface area contributed by atoms with E-state index < -0.39 is 0 Å². The Morgan fingerprint density at radius 2 is 1.78 bits per heavy atom. The van der Waals surface area contributed by atoms with Crippen LogP contribution >= 0.6 is 11.8 Å². The van der Waals surface area contributed by atoms with Gasteiger partial charge in [0.1, 0.15) is 18.6 Å². The number of fused-ring (bicyclic) bond motifs is 1. The number of thioether (sulfide) groups is 1. The predicted molar refractivity (Wildman–Crippen MR) is 91.0 cm³/mol. The summed E-state index contributed by atoms with van der Waals surface area (Å²) in [5.41, 5.74) is 8.36. The number of hydrogen-bond donors (Lipinski definition) is 1. The van der Waals surface area contributed by atoms with Gasteiger partial charge in [0.2, 0.25) is 5.91 Å². The third-order valence-corrected chi connectivity index (χ3v) is 5.11. The molecule has 2 aliphatic heterocycles. The molecule has 0 unspecified atom stereocenters. The highest BCUT2D eigenvalue weighted by Gasteiger charge is 2.34. The summed E-state index contributed by atoms with van der Waals surface area (Å²) in [6.07, 6.45) is 0. The van der Waals surface area contributed by atoms with Crippen LogP contribution in [0, 0.1) is 0 Å². The van der Waals surface area contributed by atoms with Crippen molar-refractivity contribution in [2.24, 2.45) is 0 Å². The van der Waals surface area contributed by atoms with Crippen molar-refractivity contribution >= 4 is 29.0 Å². The lowest BCUT2D eigenvalue weighted by Gasteiger charge is -2.26. The number of anilines is 2. The number of rotatable bonds is 2. The maximum atomic E-state index is 12.4. The maximum Gasteiger partial charge on any atom is 0.238 e. The Morgan fingerprint density at radius 1 is 1.04 bits per heavy atom. The molecule has 1 amide bonds. The number of nitrogens with two attached hydrogens (primary N) is 1.